The van der Waals surface area contributed by atoms with Crippen molar-refractivity contribution >= 4 is 5.97 Å². The van der Waals surface area contributed by atoms with Crippen LogP contribution in [0.2, 0.25) is 0 Å². The highest BCUT2D eigenvalue weighted by atomic mass is 16.6. The van der Waals surface area contributed by atoms with E-state index >= 15 is 0 Å². The molecule has 2 atom stereocenters. The van der Waals surface area contributed by atoms with Crippen molar-refractivity contribution in [3.8, 4) is 0 Å². The Morgan fingerprint density at radius 2 is 2.08 bits per heavy atom. The minimum absolute atomic E-state index is 0.0255. The van der Waals surface area contributed by atoms with E-state index in [-0.39, 0.29) is 23.7 Å². The minimum atomic E-state index is -0.358. The van der Waals surface area contributed by atoms with E-state index in [1.807, 2.05) is 22.8 Å². The predicted molar refractivity (Wildman–Crippen MR) is 93.5 cm³/mol. The van der Waals surface area contributed by atoms with Crippen LogP contribution in [0.15, 0.2) is 42.9 Å². The first-order valence-electron chi connectivity index (χ1n) is 9.09. The maximum absolute atomic E-state index is 12.9. The molecule has 132 valence electrons. The molecule has 0 bridgehead atoms. The lowest BCUT2D eigenvalue weighted by Gasteiger charge is -2.29. The van der Waals surface area contributed by atoms with E-state index in [1.54, 1.807) is 12.5 Å². The summed E-state index contributed by atoms with van der Waals surface area (Å²) < 4.78 is 13.3. The lowest BCUT2D eigenvalue weighted by Crippen LogP contribution is -2.34. The maximum Gasteiger partial charge on any atom is 0.357 e. The Morgan fingerprint density at radius 3 is 2.76 bits per heavy atom. The van der Waals surface area contributed by atoms with Gasteiger partial charge in [-0.15, -0.1) is 0 Å². The lowest BCUT2D eigenvalue weighted by molar-refractivity contribution is -0.0237. The third-order valence-electron chi connectivity index (χ3n) is 5.40. The van der Waals surface area contributed by atoms with Crippen LogP contribution in [0.5, 0.6) is 0 Å². The Balaban J connectivity index is 1.54. The van der Waals surface area contributed by atoms with Gasteiger partial charge >= 0.3 is 5.97 Å². The summed E-state index contributed by atoms with van der Waals surface area (Å²) in [5.74, 6) is -0.275. The van der Waals surface area contributed by atoms with Gasteiger partial charge in [0.1, 0.15) is 11.3 Å². The van der Waals surface area contributed by atoms with Gasteiger partial charge in [0.05, 0.1) is 31.3 Å². The molecule has 1 aliphatic heterocycles. The van der Waals surface area contributed by atoms with Crippen molar-refractivity contribution in [1.82, 2.24) is 9.55 Å². The average Bonchev–Trinajstić information content (AvgIpc) is 3.12. The number of hydrogen-bond donors (Lipinski definition) is 0. The Morgan fingerprint density at radius 1 is 1.36 bits per heavy atom. The lowest BCUT2D eigenvalue weighted by atomic mass is 9.95. The van der Waals surface area contributed by atoms with E-state index in [4.69, 9.17) is 9.47 Å². The van der Waals surface area contributed by atoms with Gasteiger partial charge in [-0.05, 0) is 38.2 Å². The molecule has 5 heteroatoms. The van der Waals surface area contributed by atoms with Crippen LogP contribution in [0.3, 0.4) is 0 Å². The fraction of sp³-hybridized carbons (Fsp3) is 0.500. The van der Waals surface area contributed by atoms with Gasteiger partial charge in [-0.3, -0.25) is 0 Å². The van der Waals surface area contributed by atoms with Gasteiger partial charge < -0.3 is 14.0 Å². The van der Waals surface area contributed by atoms with Crippen LogP contribution in [0.1, 0.15) is 61.1 Å². The molecule has 1 saturated carbocycles. The molecule has 1 aliphatic carbocycles. The summed E-state index contributed by atoms with van der Waals surface area (Å²) in [4.78, 5) is 17.1. The predicted octanol–water partition coefficient (Wildman–Crippen LogP) is 3.75. The molecule has 0 amide bonds. The first-order chi connectivity index (χ1) is 12.2. The molecular formula is C20H24N2O3. The van der Waals surface area contributed by atoms with Crippen molar-refractivity contribution in [3.63, 3.8) is 0 Å². The molecule has 1 unspecified atom stereocenters. The van der Waals surface area contributed by atoms with E-state index in [0.717, 1.165) is 44.3 Å². The number of aromatic nitrogens is 2. The van der Waals surface area contributed by atoms with Crippen molar-refractivity contribution in [2.75, 3.05) is 6.61 Å². The summed E-state index contributed by atoms with van der Waals surface area (Å²) in [5, 5.41) is 0. The third-order valence-corrected chi connectivity index (χ3v) is 5.40. The summed E-state index contributed by atoms with van der Waals surface area (Å²) in [5.41, 5.74) is 1.29. The molecule has 2 fully saturated rings. The monoisotopic (exact) mass is 340 g/mol. The Kier molecular flexibility index (Phi) is 4.34. The summed E-state index contributed by atoms with van der Waals surface area (Å²) in [6.45, 7) is 2.86. The standard InChI is InChI=1S/C20H24N2O3/c1-15(16-7-3-2-4-8-16)22-14-21-12-18(22)19(23)25-20(9-5-6-10-20)11-17-13-24-17/h2-4,7-8,12,14-15,17H,5-6,9-11,13H2,1H3/t15-,17?/m1/s1. The van der Waals surface area contributed by atoms with Crippen LogP contribution >= 0.6 is 0 Å². The van der Waals surface area contributed by atoms with Gasteiger partial charge in [0.2, 0.25) is 0 Å². The SMILES string of the molecule is C[C@H](c1ccccc1)n1cncc1C(=O)OC1(CC2CO2)CCCC1. The van der Waals surface area contributed by atoms with Crippen LogP contribution in [0, 0.1) is 0 Å². The van der Waals surface area contributed by atoms with Crippen molar-refractivity contribution in [2.24, 2.45) is 0 Å². The zero-order valence-electron chi connectivity index (χ0n) is 14.6. The Labute approximate surface area is 148 Å². The second-order valence-electron chi connectivity index (χ2n) is 7.21. The number of esters is 1. The van der Waals surface area contributed by atoms with Gasteiger partial charge in [-0.2, -0.15) is 0 Å². The van der Waals surface area contributed by atoms with Crippen LogP contribution in [-0.2, 0) is 9.47 Å². The summed E-state index contributed by atoms with van der Waals surface area (Å²) >= 11 is 0. The number of epoxide rings is 1. The number of imidazole rings is 1. The molecule has 1 aromatic heterocycles. The average molecular weight is 340 g/mol. The molecule has 0 radical (unpaired) electrons. The van der Waals surface area contributed by atoms with Crippen molar-refractivity contribution in [1.29, 1.82) is 0 Å². The Bertz CT molecular complexity index is 730. The van der Waals surface area contributed by atoms with Gasteiger partial charge in [0.15, 0.2) is 0 Å². The van der Waals surface area contributed by atoms with Crippen LogP contribution < -0.4 is 0 Å². The quantitative estimate of drug-likeness (QED) is 0.593. The second kappa shape index (κ2) is 6.64. The number of benzene rings is 1. The molecule has 4 rings (SSSR count). The number of carbonyl (C=O) groups is 1. The highest BCUT2D eigenvalue weighted by molar-refractivity contribution is 5.87. The zero-order valence-corrected chi connectivity index (χ0v) is 14.6. The molecule has 5 nitrogen and oxygen atoms in total. The summed E-state index contributed by atoms with van der Waals surface area (Å²) in [6, 6.07) is 10.1. The van der Waals surface area contributed by atoms with E-state index in [9.17, 15) is 4.79 Å². The molecule has 0 spiro atoms. The first kappa shape index (κ1) is 16.3. The number of rotatable bonds is 6. The van der Waals surface area contributed by atoms with Crippen molar-refractivity contribution < 1.29 is 14.3 Å². The highest BCUT2D eigenvalue weighted by Crippen LogP contribution is 2.40. The number of ether oxygens (including phenoxy) is 2. The fourth-order valence-electron chi connectivity index (χ4n) is 3.88. The van der Waals surface area contributed by atoms with E-state index in [0.29, 0.717) is 5.69 Å². The first-order valence-corrected chi connectivity index (χ1v) is 9.09. The van der Waals surface area contributed by atoms with Gasteiger partial charge in [0.25, 0.3) is 0 Å². The van der Waals surface area contributed by atoms with Crippen molar-refractivity contribution in [3.05, 3.63) is 54.1 Å². The van der Waals surface area contributed by atoms with Crippen LogP contribution in [0.4, 0.5) is 0 Å². The van der Waals surface area contributed by atoms with E-state index in [2.05, 4.69) is 24.0 Å². The third kappa shape index (κ3) is 3.47. The summed E-state index contributed by atoms with van der Waals surface area (Å²) in [7, 11) is 0. The van der Waals surface area contributed by atoms with E-state index < -0.39 is 0 Å². The normalized spacial score (nSPS) is 22.5. The molecule has 2 aliphatic rings. The van der Waals surface area contributed by atoms with Crippen LogP contribution in [0.25, 0.3) is 0 Å². The highest BCUT2D eigenvalue weighted by Gasteiger charge is 2.43. The van der Waals surface area contributed by atoms with Crippen LogP contribution in [-0.4, -0.2) is 33.8 Å². The van der Waals surface area contributed by atoms with Gasteiger partial charge in [-0.1, -0.05) is 30.3 Å². The fourth-order valence-corrected chi connectivity index (χ4v) is 3.88. The molecule has 2 aromatic rings. The summed E-state index contributed by atoms with van der Waals surface area (Å²) in [6.07, 6.45) is 8.49. The minimum Gasteiger partial charge on any atom is -0.454 e. The molecule has 25 heavy (non-hydrogen) atoms. The molecule has 2 heterocycles. The topological polar surface area (TPSA) is 56.7 Å². The van der Waals surface area contributed by atoms with Crippen molar-refractivity contribution in [2.45, 2.75) is 56.8 Å². The second-order valence-corrected chi connectivity index (χ2v) is 7.21. The maximum atomic E-state index is 12.9. The number of hydrogen-bond acceptors (Lipinski definition) is 4. The van der Waals surface area contributed by atoms with Gasteiger partial charge in [0, 0.05) is 6.42 Å². The molecule has 1 aromatic carbocycles. The molecule has 0 N–H and O–H groups in total. The Hall–Kier alpha value is -2.14. The smallest absolute Gasteiger partial charge is 0.357 e. The largest absolute Gasteiger partial charge is 0.454 e. The van der Waals surface area contributed by atoms with Gasteiger partial charge in [-0.25, -0.2) is 9.78 Å². The van der Waals surface area contributed by atoms with E-state index in [1.165, 1.54) is 0 Å². The molecule has 1 saturated heterocycles. The molecular weight excluding hydrogens is 316 g/mol. The number of carbonyl (C=O) groups excluding carboxylic acids is 1. The zero-order chi connectivity index (χ0) is 17.3. The number of nitrogens with zero attached hydrogens (tertiary/aromatic N) is 2.